The molecular formula is C17H18F2N4O3. The van der Waals surface area contributed by atoms with E-state index in [0.29, 0.717) is 12.2 Å². The lowest BCUT2D eigenvalue weighted by molar-refractivity contribution is -0.138. The maximum atomic E-state index is 13.7. The van der Waals surface area contributed by atoms with E-state index >= 15 is 0 Å². The van der Waals surface area contributed by atoms with Crippen molar-refractivity contribution in [3.63, 3.8) is 0 Å². The molecule has 0 bridgehead atoms. The van der Waals surface area contributed by atoms with Gasteiger partial charge in [-0.1, -0.05) is 6.07 Å². The summed E-state index contributed by atoms with van der Waals surface area (Å²) in [6.07, 6.45) is 0. The third kappa shape index (κ3) is 4.11. The summed E-state index contributed by atoms with van der Waals surface area (Å²) in [5.74, 6) is -3.44. The van der Waals surface area contributed by atoms with Crippen LogP contribution in [0.25, 0.3) is 5.76 Å². The van der Waals surface area contributed by atoms with E-state index < -0.39 is 34.7 Å². The highest BCUT2D eigenvalue weighted by atomic mass is 19.1. The Morgan fingerprint density at radius 3 is 2.54 bits per heavy atom. The number of hydrogen-bond donors (Lipinski definition) is 1. The Bertz CT molecular complexity index is 855. The highest BCUT2D eigenvalue weighted by molar-refractivity contribution is 5.95. The van der Waals surface area contributed by atoms with Gasteiger partial charge in [0.25, 0.3) is 0 Å². The second-order valence-corrected chi connectivity index (χ2v) is 5.17. The molecule has 0 aliphatic rings. The third-order valence-corrected chi connectivity index (χ3v) is 3.32. The SMILES string of the molecule is CCOC(=O)/C(N=Nc1c(F)cccc1F)=C(/O)c1cc(C)nn1CC. The molecule has 0 unspecified atom stereocenters. The van der Waals surface area contributed by atoms with Crippen LogP contribution in [0, 0.1) is 18.6 Å². The molecule has 2 rings (SSSR count). The Kier molecular flexibility index (Phi) is 6.16. The first kappa shape index (κ1) is 19.2. The fourth-order valence-electron chi connectivity index (χ4n) is 2.17. The molecule has 0 aliphatic carbocycles. The molecule has 7 nitrogen and oxygen atoms in total. The highest BCUT2D eigenvalue weighted by Crippen LogP contribution is 2.25. The molecule has 0 saturated carbocycles. The molecule has 0 atom stereocenters. The van der Waals surface area contributed by atoms with Gasteiger partial charge in [-0.15, -0.1) is 10.2 Å². The zero-order chi connectivity index (χ0) is 19.3. The third-order valence-electron chi connectivity index (χ3n) is 3.32. The second kappa shape index (κ2) is 8.32. The molecule has 0 fully saturated rings. The van der Waals surface area contributed by atoms with Gasteiger partial charge >= 0.3 is 5.97 Å². The molecule has 26 heavy (non-hydrogen) atoms. The first-order valence-electron chi connectivity index (χ1n) is 7.89. The predicted molar refractivity (Wildman–Crippen MR) is 89.7 cm³/mol. The van der Waals surface area contributed by atoms with Gasteiger partial charge in [0, 0.05) is 6.54 Å². The summed E-state index contributed by atoms with van der Waals surface area (Å²) in [7, 11) is 0. The van der Waals surface area contributed by atoms with Crippen molar-refractivity contribution in [2.75, 3.05) is 6.61 Å². The molecule has 1 N–H and O–H groups in total. The molecule has 0 radical (unpaired) electrons. The maximum absolute atomic E-state index is 13.7. The smallest absolute Gasteiger partial charge is 0.362 e. The van der Waals surface area contributed by atoms with Crippen molar-refractivity contribution in [1.82, 2.24) is 9.78 Å². The van der Waals surface area contributed by atoms with Crippen LogP contribution in [0.4, 0.5) is 14.5 Å². The van der Waals surface area contributed by atoms with Crippen molar-refractivity contribution in [2.45, 2.75) is 27.3 Å². The minimum atomic E-state index is -0.980. The minimum Gasteiger partial charge on any atom is -0.504 e. The average Bonchev–Trinajstić information content (AvgIpc) is 2.98. The topological polar surface area (TPSA) is 89.1 Å². The molecule has 138 valence electrons. The summed E-state index contributed by atoms with van der Waals surface area (Å²) in [4.78, 5) is 12.1. The lowest BCUT2D eigenvalue weighted by Crippen LogP contribution is -2.10. The summed E-state index contributed by atoms with van der Waals surface area (Å²) < 4.78 is 33.7. The van der Waals surface area contributed by atoms with Gasteiger partial charge in [-0.05, 0) is 39.0 Å². The van der Waals surface area contributed by atoms with Crippen LogP contribution >= 0.6 is 0 Å². The van der Waals surface area contributed by atoms with E-state index in [2.05, 4.69) is 15.3 Å². The van der Waals surface area contributed by atoms with Crippen LogP contribution in [0.2, 0.25) is 0 Å². The number of aliphatic hydroxyl groups excluding tert-OH is 1. The number of nitrogens with zero attached hydrogens (tertiary/aromatic N) is 4. The zero-order valence-electron chi connectivity index (χ0n) is 14.5. The Morgan fingerprint density at radius 1 is 1.31 bits per heavy atom. The summed E-state index contributed by atoms with van der Waals surface area (Å²) in [6.45, 7) is 5.51. The van der Waals surface area contributed by atoms with Crippen LogP contribution < -0.4 is 0 Å². The maximum Gasteiger partial charge on any atom is 0.362 e. The molecule has 2 aromatic rings. The number of benzene rings is 1. The Labute approximate surface area is 148 Å². The Morgan fingerprint density at radius 2 is 1.96 bits per heavy atom. The van der Waals surface area contributed by atoms with Gasteiger partial charge in [-0.2, -0.15) is 5.10 Å². The Hall–Kier alpha value is -3.10. The van der Waals surface area contributed by atoms with E-state index in [0.717, 1.165) is 12.1 Å². The van der Waals surface area contributed by atoms with Crippen LogP contribution in [0.15, 0.2) is 40.2 Å². The van der Waals surface area contributed by atoms with Gasteiger partial charge in [0.05, 0.1) is 12.3 Å². The van der Waals surface area contributed by atoms with Crippen molar-refractivity contribution < 1.29 is 23.4 Å². The van der Waals surface area contributed by atoms with Crippen LogP contribution in [-0.4, -0.2) is 27.5 Å². The van der Waals surface area contributed by atoms with Crippen LogP contribution in [0.3, 0.4) is 0 Å². The molecule has 9 heteroatoms. The monoisotopic (exact) mass is 364 g/mol. The summed E-state index contributed by atoms with van der Waals surface area (Å²) in [5.41, 5.74) is -0.443. The van der Waals surface area contributed by atoms with E-state index in [9.17, 15) is 18.7 Å². The quantitative estimate of drug-likeness (QED) is 0.362. The number of ether oxygens (including phenoxy) is 1. The highest BCUT2D eigenvalue weighted by Gasteiger charge is 2.22. The number of carbonyl (C=O) groups excluding carboxylic acids is 1. The van der Waals surface area contributed by atoms with Gasteiger partial charge in [-0.25, -0.2) is 13.6 Å². The number of aryl methyl sites for hydroxylation is 2. The second-order valence-electron chi connectivity index (χ2n) is 5.17. The molecule has 1 aromatic carbocycles. The van der Waals surface area contributed by atoms with Crippen LogP contribution in [-0.2, 0) is 16.1 Å². The normalized spacial score (nSPS) is 12.3. The first-order valence-corrected chi connectivity index (χ1v) is 7.89. The van der Waals surface area contributed by atoms with E-state index in [1.807, 2.05) is 0 Å². The summed E-state index contributed by atoms with van der Waals surface area (Å²) >= 11 is 0. The van der Waals surface area contributed by atoms with Gasteiger partial charge in [0.2, 0.25) is 5.70 Å². The van der Waals surface area contributed by atoms with Crippen molar-refractivity contribution in [3.05, 3.63) is 53.0 Å². The number of aliphatic hydroxyl groups is 1. The average molecular weight is 364 g/mol. The van der Waals surface area contributed by atoms with Crippen LogP contribution in [0.5, 0.6) is 0 Å². The molecule has 1 aromatic heterocycles. The number of esters is 1. The van der Waals surface area contributed by atoms with E-state index in [-0.39, 0.29) is 12.3 Å². The number of halogens is 2. The largest absolute Gasteiger partial charge is 0.504 e. The van der Waals surface area contributed by atoms with Gasteiger partial charge < -0.3 is 9.84 Å². The summed E-state index contributed by atoms with van der Waals surface area (Å²) in [5, 5.41) is 21.7. The van der Waals surface area contributed by atoms with E-state index in [1.165, 1.54) is 16.8 Å². The Balaban J connectivity index is 2.56. The molecular weight excluding hydrogens is 346 g/mol. The lowest BCUT2D eigenvalue weighted by atomic mass is 10.2. The van der Waals surface area contributed by atoms with Crippen LogP contribution in [0.1, 0.15) is 25.2 Å². The zero-order valence-corrected chi connectivity index (χ0v) is 14.5. The van der Waals surface area contributed by atoms with Crippen molar-refractivity contribution in [3.8, 4) is 0 Å². The van der Waals surface area contributed by atoms with Gasteiger partial charge in [-0.3, -0.25) is 4.68 Å². The number of carbonyl (C=O) groups is 1. The number of azo groups is 1. The molecule has 0 saturated heterocycles. The molecule has 0 aliphatic heterocycles. The standard InChI is InChI=1S/C17H18F2N4O3/c1-4-23-13(9-10(3)22-23)16(24)15(17(25)26-5-2)21-20-14-11(18)7-6-8-12(14)19/h6-9,24H,4-5H2,1-3H3/b16-15-,21-20?. The number of rotatable bonds is 6. The molecule has 1 heterocycles. The predicted octanol–water partition coefficient (Wildman–Crippen LogP) is 4.06. The lowest BCUT2D eigenvalue weighted by Gasteiger charge is -2.07. The first-order chi connectivity index (χ1) is 12.4. The number of hydrogen-bond acceptors (Lipinski definition) is 6. The molecule has 0 spiro atoms. The van der Waals surface area contributed by atoms with Crippen molar-refractivity contribution in [1.29, 1.82) is 0 Å². The fraction of sp³-hybridized carbons (Fsp3) is 0.294. The van der Waals surface area contributed by atoms with Crippen molar-refractivity contribution in [2.24, 2.45) is 10.2 Å². The fourth-order valence-corrected chi connectivity index (χ4v) is 2.17. The van der Waals surface area contributed by atoms with E-state index in [1.54, 1.807) is 20.8 Å². The number of aromatic nitrogens is 2. The van der Waals surface area contributed by atoms with Gasteiger partial charge in [0.1, 0.15) is 5.69 Å². The van der Waals surface area contributed by atoms with Gasteiger partial charge in [0.15, 0.2) is 23.1 Å². The molecule has 0 amide bonds. The van der Waals surface area contributed by atoms with E-state index in [4.69, 9.17) is 4.74 Å². The summed E-state index contributed by atoms with van der Waals surface area (Å²) in [6, 6.07) is 4.71. The minimum absolute atomic E-state index is 0.0191. The van der Waals surface area contributed by atoms with Crippen molar-refractivity contribution >= 4 is 17.4 Å².